The van der Waals surface area contributed by atoms with E-state index in [4.69, 9.17) is 4.74 Å². The van der Waals surface area contributed by atoms with Crippen molar-refractivity contribution < 1.29 is 4.74 Å². The third kappa shape index (κ3) is 5.13. The van der Waals surface area contributed by atoms with Gasteiger partial charge in [0.25, 0.3) is 0 Å². The van der Waals surface area contributed by atoms with Crippen molar-refractivity contribution in [2.24, 2.45) is 0 Å². The fraction of sp³-hybridized carbons (Fsp3) is 0.857. The van der Waals surface area contributed by atoms with Gasteiger partial charge >= 0.3 is 0 Å². The molecule has 0 radical (unpaired) electrons. The molecule has 16 heavy (non-hydrogen) atoms. The highest BCUT2D eigenvalue weighted by Gasteiger charge is 2.23. The monoisotopic (exact) mass is 227 g/mol. The number of ether oxygens (including phenoxy) is 1. The second-order valence-electron chi connectivity index (χ2n) is 3.81. The summed E-state index contributed by atoms with van der Waals surface area (Å²) in [6.45, 7) is 14.5. The van der Waals surface area contributed by atoms with Crippen LogP contribution < -0.4 is 0 Å². The van der Waals surface area contributed by atoms with Crippen molar-refractivity contribution in [3.05, 3.63) is 11.6 Å². The van der Waals surface area contributed by atoms with Crippen molar-refractivity contribution in [3.63, 3.8) is 0 Å². The van der Waals surface area contributed by atoms with Gasteiger partial charge in [0.2, 0.25) is 0 Å². The van der Waals surface area contributed by atoms with Crippen LogP contribution in [0.15, 0.2) is 11.6 Å². The molecular formula is C14H29NO. The molecule has 0 aliphatic carbocycles. The second kappa shape index (κ2) is 9.86. The van der Waals surface area contributed by atoms with Gasteiger partial charge in [-0.1, -0.05) is 39.3 Å². The van der Waals surface area contributed by atoms with Crippen molar-refractivity contribution >= 4 is 0 Å². The Labute approximate surface area is 102 Å². The molecule has 2 heterocycles. The normalized spacial score (nSPS) is 24.8. The van der Waals surface area contributed by atoms with Crippen LogP contribution in [0.5, 0.6) is 0 Å². The Bertz CT molecular complexity index is 183. The highest BCUT2D eigenvalue weighted by molar-refractivity contribution is 5.04. The van der Waals surface area contributed by atoms with Crippen molar-refractivity contribution in [2.45, 2.75) is 53.5 Å². The molecule has 0 saturated carbocycles. The van der Waals surface area contributed by atoms with Gasteiger partial charge in [-0.2, -0.15) is 0 Å². The van der Waals surface area contributed by atoms with Gasteiger partial charge in [-0.15, -0.1) is 0 Å². The van der Waals surface area contributed by atoms with Gasteiger partial charge in [-0.05, 0) is 19.8 Å². The molecular weight excluding hydrogens is 198 g/mol. The zero-order chi connectivity index (χ0) is 12.4. The zero-order valence-electron chi connectivity index (χ0n) is 11.8. The molecule has 0 amide bonds. The molecule has 1 unspecified atom stereocenters. The molecule has 1 saturated heterocycles. The van der Waals surface area contributed by atoms with Crippen LogP contribution in [0.25, 0.3) is 0 Å². The lowest BCUT2D eigenvalue weighted by Gasteiger charge is -2.29. The molecule has 2 heteroatoms. The summed E-state index contributed by atoms with van der Waals surface area (Å²) in [6.07, 6.45) is 4.82. The summed E-state index contributed by atoms with van der Waals surface area (Å²) in [5.41, 5.74) is 1.55. The van der Waals surface area contributed by atoms with Gasteiger partial charge in [0.05, 0.1) is 6.61 Å². The van der Waals surface area contributed by atoms with Crippen LogP contribution in [0.1, 0.15) is 47.5 Å². The average Bonchev–Trinajstić information content (AvgIpc) is 2.89. The molecule has 0 aromatic carbocycles. The molecule has 2 nitrogen and oxygen atoms in total. The van der Waals surface area contributed by atoms with Crippen LogP contribution in [-0.4, -0.2) is 37.2 Å². The van der Waals surface area contributed by atoms with Crippen LogP contribution in [0.2, 0.25) is 0 Å². The zero-order valence-corrected chi connectivity index (χ0v) is 11.8. The van der Waals surface area contributed by atoms with Crippen LogP contribution in [0, 0.1) is 0 Å². The summed E-state index contributed by atoms with van der Waals surface area (Å²) in [4.78, 5) is 2.54. The maximum absolute atomic E-state index is 5.37. The first-order valence-electron chi connectivity index (χ1n) is 6.83. The molecule has 0 N–H and O–H groups in total. The Hall–Kier alpha value is -0.340. The highest BCUT2D eigenvalue weighted by Crippen LogP contribution is 2.17. The molecule has 2 aliphatic rings. The maximum atomic E-state index is 5.37. The fourth-order valence-corrected chi connectivity index (χ4v) is 1.93. The standard InChI is InChI=1S/C10H17NO.2C2H6/c1-9-2-5-11(6-3-9)10-4-7-12-8-10;2*1-2/h2,10H,3-8H2,1H3;2*1-2H3. The molecule has 0 bridgehead atoms. The summed E-state index contributed by atoms with van der Waals surface area (Å²) in [5, 5.41) is 0. The lowest BCUT2D eigenvalue weighted by Crippen LogP contribution is -2.38. The van der Waals surface area contributed by atoms with Crippen molar-refractivity contribution in [1.82, 2.24) is 4.90 Å². The van der Waals surface area contributed by atoms with Gasteiger partial charge in [0.1, 0.15) is 0 Å². The molecule has 2 rings (SSSR count). The van der Waals surface area contributed by atoms with Crippen molar-refractivity contribution in [3.8, 4) is 0 Å². The van der Waals surface area contributed by atoms with E-state index in [1.54, 1.807) is 5.57 Å². The topological polar surface area (TPSA) is 12.5 Å². The molecule has 1 fully saturated rings. The predicted molar refractivity (Wildman–Crippen MR) is 71.9 cm³/mol. The van der Waals surface area contributed by atoms with E-state index in [9.17, 15) is 0 Å². The van der Waals surface area contributed by atoms with Gasteiger partial charge in [0, 0.05) is 25.7 Å². The second-order valence-corrected chi connectivity index (χ2v) is 3.81. The molecule has 0 aromatic rings. The van der Waals surface area contributed by atoms with Gasteiger partial charge < -0.3 is 4.74 Å². The minimum atomic E-state index is 0.703. The molecule has 0 spiro atoms. The third-order valence-electron chi connectivity index (χ3n) is 2.89. The van der Waals surface area contributed by atoms with Crippen LogP contribution >= 0.6 is 0 Å². The summed E-state index contributed by atoms with van der Waals surface area (Å²) in [5.74, 6) is 0. The number of nitrogens with zero attached hydrogens (tertiary/aromatic N) is 1. The number of hydrogen-bond donors (Lipinski definition) is 0. The lowest BCUT2D eigenvalue weighted by molar-refractivity contribution is 0.149. The minimum absolute atomic E-state index is 0.703. The van der Waals surface area contributed by atoms with E-state index in [0.717, 1.165) is 19.8 Å². The van der Waals surface area contributed by atoms with Gasteiger partial charge in [0.15, 0.2) is 0 Å². The average molecular weight is 227 g/mol. The van der Waals surface area contributed by atoms with Crippen LogP contribution in [0.4, 0.5) is 0 Å². The first-order valence-corrected chi connectivity index (χ1v) is 6.83. The third-order valence-corrected chi connectivity index (χ3v) is 2.89. The van der Waals surface area contributed by atoms with E-state index in [0.29, 0.717) is 6.04 Å². The van der Waals surface area contributed by atoms with E-state index in [2.05, 4.69) is 17.9 Å². The largest absolute Gasteiger partial charge is 0.380 e. The first-order chi connectivity index (χ1) is 7.86. The van der Waals surface area contributed by atoms with Gasteiger partial charge in [-0.25, -0.2) is 0 Å². The molecule has 0 aromatic heterocycles. The minimum Gasteiger partial charge on any atom is -0.380 e. The van der Waals surface area contributed by atoms with E-state index in [1.807, 2.05) is 27.7 Å². The fourth-order valence-electron chi connectivity index (χ4n) is 1.93. The number of hydrogen-bond acceptors (Lipinski definition) is 2. The van der Waals surface area contributed by atoms with Crippen molar-refractivity contribution in [2.75, 3.05) is 26.3 Å². The summed E-state index contributed by atoms with van der Waals surface area (Å²) in [6, 6.07) is 0.703. The van der Waals surface area contributed by atoms with Crippen LogP contribution in [-0.2, 0) is 4.74 Å². The maximum Gasteiger partial charge on any atom is 0.0622 e. The molecule has 2 aliphatic heterocycles. The van der Waals surface area contributed by atoms with E-state index < -0.39 is 0 Å². The van der Waals surface area contributed by atoms with E-state index in [1.165, 1.54) is 19.4 Å². The molecule has 1 atom stereocenters. The smallest absolute Gasteiger partial charge is 0.0622 e. The molecule has 96 valence electrons. The first kappa shape index (κ1) is 15.7. The highest BCUT2D eigenvalue weighted by atomic mass is 16.5. The van der Waals surface area contributed by atoms with Gasteiger partial charge in [-0.3, -0.25) is 4.90 Å². The van der Waals surface area contributed by atoms with E-state index in [-0.39, 0.29) is 0 Å². The SMILES string of the molecule is CC.CC.CC1=CCN(C2CCOC2)CC1. The lowest BCUT2D eigenvalue weighted by atomic mass is 10.1. The van der Waals surface area contributed by atoms with E-state index >= 15 is 0 Å². The Morgan fingerprint density at radius 3 is 2.38 bits per heavy atom. The predicted octanol–water partition coefficient (Wildman–Crippen LogP) is 3.48. The van der Waals surface area contributed by atoms with Crippen LogP contribution in [0.3, 0.4) is 0 Å². The summed E-state index contributed by atoms with van der Waals surface area (Å²) < 4.78 is 5.37. The summed E-state index contributed by atoms with van der Waals surface area (Å²) >= 11 is 0. The Kier molecular flexibility index (Phi) is 9.65. The Morgan fingerprint density at radius 2 is 1.94 bits per heavy atom. The number of rotatable bonds is 1. The quantitative estimate of drug-likeness (QED) is 0.636. The Balaban J connectivity index is 0.000000509. The summed E-state index contributed by atoms with van der Waals surface area (Å²) in [7, 11) is 0. The Morgan fingerprint density at radius 1 is 1.25 bits per heavy atom. The van der Waals surface area contributed by atoms with Crippen molar-refractivity contribution in [1.29, 1.82) is 0 Å².